The summed E-state index contributed by atoms with van der Waals surface area (Å²) in [5.74, 6) is 0.159. The van der Waals surface area contributed by atoms with E-state index in [1.54, 1.807) is 31.3 Å². The summed E-state index contributed by atoms with van der Waals surface area (Å²) in [5.41, 5.74) is 0.886. The average Bonchev–Trinajstić information content (AvgIpc) is 2.53. The van der Waals surface area contributed by atoms with E-state index in [1.807, 2.05) is 0 Å². The van der Waals surface area contributed by atoms with Gasteiger partial charge in [-0.15, -0.1) is 0 Å². The number of aliphatic hydroxyl groups excluding tert-OH is 4. The summed E-state index contributed by atoms with van der Waals surface area (Å²) in [6.07, 6.45) is -5.26. The molecule has 2 rings (SSSR count). The van der Waals surface area contributed by atoms with Crippen LogP contribution in [0.1, 0.15) is 18.0 Å². The molecule has 0 aliphatic carbocycles. The highest BCUT2D eigenvalue weighted by Gasteiger charge is 2.43. The van der Waals surface area contributed by atoms with Crippen LogP contribution in [0, 0.1) is 0 Å². The Morgan fingerprint density at radius 1 is 1.05 bits per heavy atom. The topological polar surface area (TPSA) is 122 Å². The van der Waals surface area contributed by atoms with Crippen molar-refractivity contribution < 1.29 is 30.3 Å². The number of aromatic hydroxyl groups is 1. The maximum atomic E-state index is 10.1. The summed E-state index contributed by atoms with van der Waals surface area (Å²) < 4.78 is 5.51. The van der Waals surface area contributed by atoms with Crippen LogP contribution in [0.2, 0.25) is 0 Å². The van der Waals surface area contributed by atoms with E-state index in [-0.39, 0.29) is 11.8 Å². The first-order valence-corrected chi connectivity index (χ1v) is 7.24. The Morgan fingerprint density at radius 3 is 2.18 bits per heavy atom. The third-order valence-corrected chi connectivity index (χ3v) is 4.10. The van der Waals surface area contributed by atoms with E-state index < -0.39 is 37.1 Å². The van der Waals surface area contributed by atoms with Crippen LogP contribution in [-0.4, -0.2) is 69.7 Å². The zero-order valence-electron chi connectivity index (χ0n) is 12.3. The van der Waals surface area contributed by atoms with Gasteiger partial charge in [-0.25, -0.2) is 0 Å². The Kier molecular flexibility index (Phi) is 5.74. The second kappa shape index (κ2) is 7.36. The van der Waals surface area contributed by atoms with Crippen molar-refractivity contribution in [3.8, 4) is 5.75 Å². The second-order valence-corrected chi connectivity index (χ2v) is 5.54. The van der Waals surface area contributed by atoms with Crippen molar-refractivity contribution in [1.29, 1.82) is 0 Å². The number of phenolic OH excluding ortho intramolecular Hbond substituents is 1. The Hall–Kier alpha value is -1.22. The van der Waals surface area contributed by atoms with Crippen LogP contribution in [0.15, 0.2) is 24.3 Å². The first kappa shape index (κ1) is 17.1. The number of hydrogen-bond acceptors (Lipinski definition) is 7. The second-order valence-electron chi connectivity index (χ2n) is 5.54. The minimum Gasteiger partial charge on any atom is -0.508 e. The van der Waals surface area contributed by atoms with Crippen molar-refractivity contribution in [2.75, 3.05) is 13.7 Å². The molecular formula is C15H23NO6. The van der Waals surface area contributed by atoms with E-state index in [2.05, 4.69) is 5.32 Å². The molecule has 1 aliphatic rings. The first-order valence-electron chi connectivity index (χ1n) is 7.24. The SMILES string of the molecule is CNC(C[C@H]1O[C@H](CO)[C@@H](O)[C@H](O)[C@H]1O)c1ccc(O)cc1. The molecule has 0 saturated carbocycles. The predicted octanol–water partition coefficient (Wildman–Crippen LogP) is -1.11. The highest BCUT2D eigenvalue weighted by molar-refractivity contribution is 5.28. The molecule has 1 heterocycles. The summed E-state index contributed by atoms with van der Waals surface area (Å²) in [6.45, 7) is -0.440. The third-order valence-electron chi connectivity index (χ3n) is 4.10. The first-order chi connectivity index (χ1) is 10.5. The minimum absolute atomic E-state index is 0.159. The van der Waals surface area contributed by atoms with Crippen LogP contribution in [-0.2, 0) is 4.74 Å². The fourth-order valence-corrected chi connectivity index (χ4v) is 2.73. The van der Waals surface area contributed by atoms with Gasteiger partial charge in [-0.3, -0.25) is 0 Å². The molecule has 6 N–H and O–H groups in total. The van der Waals surface area contributed by atoms with Gasteiger partial charge in [0.1, 0.15) is 30.2 Å². The summed E-state index contributed by atoms with van der Waals surface area (Å²) in [7, 11) is 1.75. The van der Waals surface area contributed by atoms with Crippen LogP contribution in [0.3, 0.4) is 0 Å². The smallest absolute Gasteiger partial charge is 0.115 e. The van der Waals surface area contributed by atoms with Gasteiger partial charge in [0.25, 0.3) is 0 Å². The van der Waals surface area contributed by atoms with Gasteiger partial charge in [-0.05, 0) is 31.2 Å². The molecule has 7 heteroatoms. The van der Waals surface area contributed by atoms with Crippen LogP contribution in [0.4, 0.5) is 0 Å². The fourth-order valence-electron chi connectivity index (χ4n) is 2.73. The van der Waals surface area contributed by atoms with Gasteiger partial charge in [0, 0.05) is 6.04 Å². The number of nitrogens with one attached hydrogen (secondary N) is 1. The Bertz CT molecular complexity index is 466. The summed E-state index contributed by atoms with van der Waals surface area (Å²) in [5, 5.41) is 51.3. The summed E-state index contributed by atoms with van der Waals surface area (Å²) in [6, 6.07) is 6.45. The zero-order valence-corrected chi connectivity index (χ0v) is 12.3. The molecule has 0 radical (unpaired) electrons. The number of ether oxygens (including phenoxy) is 1. The van der Waals surface area contributed by atoms with Crippen LogP contribution < -0.4 is 5.32 Å². The van der Waals surface area contributed by atoms with Crippen molar-refractivity contribution in [2.24, 2.45) is 0 Å². The monoisotopic (exact) mass is 313 g/mol. The molecule has 0 spiro atoms. The van der Waals surface area contributed by atoms with E-state index in [0.29, 0.717) is 6.42 Å². The maximum absolute atomic E-state index is 10.1. The zero-order chi connectivity index (χ0) is 16.3. The van der Waals surface area contributed by atoms with Gasteiger partial charge in [-0.1, -0.05) is 12.1 Å². The highest BCUT2D eigenvalue weighted by Crippen LogP contribution is 2.28. The van der Waals surface area contributed by atoms with Crippen molar-refractivity contribution in [1.82, 2.24) is 5.32 Å². The maximum Gasteiger partial charge on any atom is 0.115 e. The molecule has 7 nitrogen and oxygen atoms in total. The number of benzene rings is 1. The molecule has 0 bridgehead atoms. The minimum atomic E-state index is -1.37. The normalized spacial score (nSPS) is 33.6. The van der Waals surface area contributed by atoms with Crippen molar-refractivity contribution >= 4 is 0 Å². The molecule has 0 amide bonds. The highest BCUT2D eigenvalue weighted by atomic mass is 16.5. The van der Waals surface area contributed by atoms with Crippen LogP contribution in [0.5, 0.6) is 5.75 Å². The quantitative estimate of drug-likeness (QED) is 0.407. The third kappa shape index (κ3) is 3.57. The van der Waals surface area contributed by atoms with Gasteiger partial charge < -0.3 is 35.6 Å². The number of rotatable bonds is 5. The van der Waals surface area contributed by atoms with Crippen LogP contribution in [0.25, 0.3) is 0 Å². The molecule has 124 valence electrons. The lowest BCUT2D eigenvalue weighted by molar-refractivity contribution is -0.231. The largest absolute Gasteiger partial charge is 0.508 e. The van der Waals surface area contributed by atoms with Gasteiger partial charge in [0.2, 0.25) is 0 Å². The van der Waals surface area contributed by atoms with Crippen molar-refractivity contribution in [2.45, 2.75) is 43.0 Å². The fraction of sp³-hybridized carbons (Fsp3) is 0.600. The number of phenols is 1. The van der Waals surface area contributed by atoms with E-state index in [0.717, 1.165) is 5.56 Å². The van der Waals surface area contributed by atoms with E-state index in [1.165, 1.54) is 0 Å². The molecule has 1 aromatic carbocycles. The van der Waals surface area contributed by atoms with E-state index in [9.17, 15) is 25.5 Å². The standard InChI is InChI=1S/C15H23NO6/c1-16-10(8-2-4-9(18)5-3-8)6-11-13(19)15(21)14(20)12(7-17)22-11/h2-5,10-21H,6-7H2,1H3/t10?,11-,12-,13+,14-,15-/m1/s1. The molecule has 1 saturated heterocycles. The molecule has 0 aromatic heterocycles. The lowest BCUT2D eigenvalue weighted by Gasteiger charge is -2.41. The van der Waals surface area contributed by atoms with E-state index >= 15 is 0 Å². The molecule has 6 atom stereocenters. The predicted molar refractivity (Wildman–Crippen MR) is 78.3 cm³/mol. The molecule has 1 aliphatic heterocycles. The van der Waals surface area contributed by atoms with Gasteiger partial charge in [0.15, 0.2) is 0 Å². The number of aliphatic hydroxyl groups is 4. The lowest BCUT2D eigenvalue weighted by Crippen LogP contribution is -2.58. The summed E-state index contributed by atoms with van der Waals surface area (Å²) >= 11 is 0. The number of hydrogen-bond donors (Lipinski definition) is 6. The Morgan fingerprint density at radius 2 is 1.64 bits per heavy atom. The average molecular weight is 313 g/mol. The molecule has 1 unspecified atom stereocenters. The lowest BCUT2D eigenvalue weighted by atomic mass is 9.90. The molecular weight excluding hydrogens is 290 g/mol. The summed E-state index contributed by atoms with van der Waals surface area (Å²) in [4.78, 5) is 0. The molecule has 1 aromatic rings. The Labute approximate surface area is 128 Å². The Balaban J connectivity index is 2.10. The van der Waals surface area contributed by atoms with Crippen molar-refractivity contribution in [3.63, 3.8) is 0 Å². The van der Waals surface area contributed by atoms with Gasteiger partial charge in [-0.2, -0.15) is 0 Å². The van der Waals surface area contributed by atoms with Crippen LogP contribution >= 0.6 is 0 Å². The van der Waals surface area contributed by atoms with Gasteiger partial charge in [0.05, 0.1) is 12.7 Å². The van der Waals surface area contributed by atoms with Crippen molar-refractivity contribution in [3.05, 3.63) is 29.8 Å². The van der Waals surface area contributed by atoms with E-state index in [4.69, 9.17) is 4.74 Å². The van der Waals surface area contributed by atoms with Gasteiger partial charge >= 0.3 is 0 Å². The molecule has 1 fully saturated rings. The molecule has 22 heavy (non-hydrogen) atoms.